The highest BCUT2D eigenvalue weighted by molar-refractivity contribution is 5.65. The van der Waals surface area contributed by atoms with Crippen molar-refractivity contribution < 1.29 is 14.2 Å². The lowest BCUT2D eigenvalue weighted by Gasteiger charge is -2.26. The number of anilines is 1. The molecular formula is C15H17N5O3. The van der Waals surface area contributed by atoms with Gasteiger partial charge in [-0.1, -0.05) is 0 Å². The molecule has 4 atom stereocenters. The maximum atomic E-state index is 9.55. The summed E-state index contributed by atoms with van der Waals surface area (Å²) in [6, 6.07) is 5.89. The zero-order valence-electron chi connectivity index (χ0n) is 13.1. The molecule has 0 bridgehead atoms. The van der Waals surface area contributed by atoms with Gasteiger partial charge in [-0.2, -0.15) is 10.4 Å². The Hall–Kier alpha value is -2.21. The summed E-state index contributed by atoms with van der Waals surface area (Å²) >= 11 is 0. The van der Waals surface area contributed by atoms with E-state index >= 15 is 0 Å². The van der Waals surface area contributed by atoms with Gasteiger partial charge in [-0.3, -0.25) is 0 Å². The Kier molecular flexibility index (Phi) is 2.76. The summed E-state index contributed by atoms with van der Waals surface area (Å²) in [5.41, 5.74) is 6.23. The van der Waals surface area contributed by atoms with Crippen LogP contribution in [0.1, 0.15) is 32.6 Å². The van der Waals surface area contributed by atoms with Crippen molar-refractivity contribution in [1.82, 2.24) is 14.6 Å². The fourth-order valence-corrected chi connectivity index (χ4v) is 3.34. The van der Waals surface area contributed by atoms with E-state index in [1.165, 1.54) is 6.33 Å². The molecule has 2 fully saturated rings. The molecule has 2 aliphatic rings. The number of hydrogen-bond donors (Lipinski definition) is 1. The minimum absolute atomic E-state index is 0.382. The minimum Gasteiger partial charge on any atom is -0.382 e. The Morgan fingerprint density at radius 3 is 2.78 bits per heavy atom. The summed E-state index contributed by atoms with van der Waals surface area (Å²) in [5, 5.41) is 13.8. The molecule has 2 aromatic rings. The summed E-state index contributed by atoms with van der Waals surface area (Å²) in [7, 11) is 0. The average molecular weight is 315 g/mol. The van der Waals surface area contributed by atoms with E-state index in [1.807, 2.05) is 26.0 Å². The summed E-state index contributed by atoms with van der Waals surface area (Å²) in [6.07, 6.45) is 0.0296. The molecule has 2 aromatic heterocycles. The SMILES string of the molecule is CC1(C)O[C@H]2[C@H](c3ccc4c(N)ncnn34)O[C@](C)(C#N)[C@H]2O1. The van der Waals surface area contributed by atoms with Crippen LogP contribution in [0.5, 0.6) is 0 Å². The largest absolute Gasteiger partial charge is 0.382 e. The molecule has 120 valence electrons. The topological polar surface area (TPSA) is 108 Å². The van der Waals surface area contributed by atoms with Gasteiger partial charge in [0.25, 0.3) is 0 Å². The highest BCUT2D eigenvalue weighted by Gasteiger charge is 2.62. The third kappa shape index (κ3) is 1.94. The Bertz CT molecular complexity index is 826. The number of nitrogen functional groups attached to an aromatic ring is 1. The number of hydrogen-bond acceptors (Lipinski definition) is 7. The van der Waals surface area contributed by atoms with Gasteiger partial charge in [0, 0.05) is 0 Å². The number of fused-ring (bicyclic) bond motifs is 2. The first kappa shape index (κ1) is 14.4. The second-order valence-electron chi connectivity index (χ2n) is 6.48. The lowest BCUT2D eigenvalue weighted by atomic mass is 9.97. The van der Waals surface area contributed by atoms with Crippen molar-refractivity contribution in [2.45, 2.75) is 50.5 Å². The summed E-state index contributed by atoms with van der Waals surface area (Å²) in [6.45, 7) is 5.38. The Morgan fingerprint density at radius 2 is 2.04 bits per heavy atom. The van der Waals surface area contributed by atoms with Gasteiger partial charge in [0.1, 0.15) is 36.2 Å². The molecule has 0 aromatic carbocycles. The second kappa shape index (κ2) is 4.41. The van der Waals surface area contributed by atoms with Crippen LogP contribution in [0.15, 0.2) is 18.5 Å². The van der Waals surface area contributed by atoms with Crippen LogP contribution < -0.4 is 5.73 Å². The van der Waals surface area contributed by atoms with Gasteiger partial charge in [0.15, 0.2) is 17.2 Å². The van der Waals surface area contributed by atoms with E-state index in [9.17, 15) is 5.26 Å². The van der Waals surface area contributed by atoms with Crippen molar-refractivity contribution >= 4 is 11.3 Å². The van der Waals surface area contributed by atoms with Gasteiger partial charge >= 0.3 is 0 Å². The van der Waals surface area contributed by atoms with Crippen LogP contribution in [0.4, 0.5) is 5.82 Å². The summed E-state index contributed by atoms with van der Waals surface area (Å²) in [4.78, 5) is 3.98. The quantitative estimate of drug-likeness (QED) is 0.842. The molecule has 2 aliphatic heterocycles. The van der Waals surface area contributed by atoms with Gasteiger partial charge in [-0.25, -0.2) is 9.50 Å². The zero-order valence-corrected chi connectivity index (χ0v) is 13.1. The number of ether oxygens (including phenoxy) is 3. The van der Waals surface area contributed by atoms with E-state index in [0.29, 0.717) is 11.3 Å². The Labute approximate surface area is 132 Å². The fraction of sp³-hybridized carbons (Fsp3) is 0.533. The molecule has 0 unspecified atom stereocenters. The zero-order chi connectivity index (χ0) is 16.4. The highest BCUT2D eigenvalue weighted by atomic mass is 16.8. The van der Waals surface area contributed by atoms with E-state index < -0.39 is 29.7 Å². The summed E-state index contributed by atoms with van der Waals surface area (Å²) in [5.74, 6) is -0.385. The summed E-state index contributed by atoms with van der Waals surface area (Å²) < 4.78 is 19.6. The van der Waals surface area contributed by atoms with Crippen molar-refractivity contribution in [3.8, 4) is 6.07 Å². The van der Waals surface area contributed by atoms with Crippen molar-refractivity contribution in [3.05, 3.63) is 24.2 Å². The van der Waals surface area contributed by atoms with Crippen LogP contribution in [0, 0.1) is 11.3 Å². The maximum absolute atomic E-state index is 9.55. The van der Waals surface area contributed by atoms with Crippen LogP contribution in [0.25, 0.3) is 5.52 Å². The molecule has 0 amide bonds. The molecule has 0 aliphatic carbocycles. The van der Waals surface area contributed by atoms with Crippen LogP contribution in [-0.2, 0) is 14.2 Å². The molecule has 0 saturated carbocycles. The molecular weight excluding hydrogens is 298 g/mol. The Morgan fingerprint density at radius 1 is 1.26 bits per heavy atom. The second-order valence-corrected chi connectivity index (χ2v) is 6.48. The third-order valence-corrected chi connectivity index (χ3v) is 4.37. The van der Waals surface area contributed by atoms with Gasteiger partial charge in [0.05, 0.1) is 5.69 Å². The molecule has 0 spiro atoms. The van der Waals surface area contributed by atoms with Crippen LogP contribution >= 0.6 is 0 Å². The number of nitrogens with zero attached hydrogens (tertiary/aromatic N) is 4. The number of nitrogens with two attached hydrogens (primary N) is 1. The van der Waals surface area contributed by atoms with E-state index in [4.69, 9.17) is 19.9 Å². The Balaban J connectivity index is 1.82. The number of rotatable bonds is 1. The smallest absolute Gasteiger partial charge is 0.181 e. The number of nitriles is 1. The van der Waals surface area contributed by atoms with Gasteiger partial charge < -0.3 is 19.9 Å². The predicted molar refractivity (Wildman–Crippen MR) is 79.1 cm³/mol. The standard InChI is InChI=1S/C15H17N5O3/c1-14(2)21-11-10(22-15(3,6-16)12(11)23-14)8-4-5-9-13(17)18-7-19-20(8)9/h4-5,7,10-12H,1-3H3,(H2,17,18,19)/t10-,11-,12-,15+/m0/s1. The number of aromatic nitrogens is 3. The third-order valence-electron chi connectivity index (χ3n) is 4.37. The molecule has 4 rings (SSSR count). The molecule has 8 heteroatoms. The van der Waals surface area contributed by atoms with E-state index in [-0.39, 0.29) is 0 Å². The maximum Gasteiger partial charge on any atom is 0.181 e. The lowest BCUT2D eigenvalue weighted by Crippen LogP contribution is -2.39. The molecule has 8 nitrogen and oxygen atoms in total. The first-order valence-corrected chi connectivity index (χ1v) is 7.37. The first-order chi connectivity index (χ1) is 10.8. The minimum atomic E-state index is -1.09. The van der Waals surface area contributed by atoms with E-state index in [0.717, 1.165) is 5.69 Å². The molecule has 2 N–H and O–H groups in total. The van der Waals surface area contributed by atoms with Crippen molar-refractivity contribution in [2.75, 3.05) is 5.73 Å². The normalized spacial score (nSPS) is 35.3. The average Bonchev–Trinajstić information content (AvgIpc) is 3.12. The van der Waals surface area contributed by atoms with Gasteiger partial charge in [-0.05, 0) is 32.9 Å². The van der Waals surface area contributed by atoms with Crippen LogP contribution in [-0.4, -0.2) is 38.2 Å². The van der Waals surface area contributed by atoms with Crippen LogP contribution in [0.3, 0.4) is 0 Å². The van der Waals surface area contributed by atoms with Gasteiger partial charge in [-0.15, -0.1) is 0 Å². The molecule has 4 heterocycles. The fourth-order valence-electron chi connectivity index (χ4n) is 3.34. The molecule has 2 saturated heterocycles. The predicted octanol–water partition coefficient (Wildman–Crippen LogP) is 1.19. The first-order valence-electron chi connectivity index (χ1n) is 7.37. The lowest BCUT2D eigenvalue weighted by molar-refractivity contribution is -0.197. The van der Waals surface area contributed by atoms with E-state index in [1.54, 1.807) is 11.4 Å². The molecule has 0 radical (unpaired) electrons. The van der Waals surface area contributed by atoms with Crippen molar-refractivity contribution in [3.63, 3.8) is 0 Å². The van der Waals surface area contributed by atoms with E-state index in [2.05, 4.69) is 16.2 Å². The molecule has 23 heavy (non-hydrogen) atoms. The van der Waals surface area contributed by atoms with Crippen molar-refractivity contribution in [1.29, 1.82) is 5.26 Å². The van der Waals surface area contributed by atoms with Crippen molar-refractivity contribution in [2.24, 2.45) is 0 Å². The highest BCUT2D eigenvalue weighted by Crippen LogP contribution is 2.49. The van der Waals surface area contributed by atoms with Gasteiger partial charge in [0.2, 0.25) is 0 Å². The van der Waals surface area contributed by atoms with Crippen LogP contribution in [0.2, 0.25) is 0 Å². The monoisotopic (exact) mass is 315 g/mol.